The van der Waals surface area contributed by atoms with Gasteiger partial charge in [0.25, 0.3) is 0 Å². The van der Waals surface area contributed by atoms with Crippen molar-refractivity contribution >= 4 is 0 Å². The summed E-state index contributed by atoms with van der Waals surface area (Å²) in [6.07, 6.45) is 4.95. The normalized spacial score (nSPS) is 19.6. The summed E-state index contributed by atoms with van der Waals surface area (Å²) < 4.78 is 33.9. The second-order valence-electron chi connectivity index (χ2n) is 7.02. The molecule has 134 valence electrons. The second kappa shape index (κ2) is 6.59. The lowest BCUT2D eigenvalue weighted by Crippen LogP contribution is -2.21. The Morgan fingerprint density at radius 2 is 1.88 bits per heavy atom. The molecule has 0 amide bonds. The fraction of sp³-hybridized carbons (Fsp3) is 0.350. The number of hydrogen-bond donors (Lipinski definition) is 0. The molecule has 26 heavy (non-hydrogen) atoms. The molecule has 0 saturated heterocycles. The Labute approximate surface area is 150 Å². The van der Waals surface area contributed by atoms with Crippen molar-refractivity contribution < 1.29 is 13.2 Å². The minimum atomic E-state index is -0.639. The van der Waals surface area contributed by atoms with Gasteiger partial charge in [-0.25, -0.2) is 13.8 Å². The van der Waals surface area contributed by atoms with Crippen LogP contribution >= 0.6 is 0 Å². The molecule has 2 aromatic heterocycles. The first-order valence-corrected chi connectivity index (χ1v) is 8.77. The molecule has 2 heterocycles. The molecule has 4 rings (SSSR count). The lowest BCUT2D eigenvalue weighted by atomic mass is 9.74. The summed E-state index contributed by atoms with van der Waals surface area (Å²) in [5, 5.41) is 8.50. The van der Waals surface area contributed by atoms with Gasteiger partial charge in [-0.15, -0.1) is 5.10 Å². The summed E-state index contributed by atoms with van der Waals surface area (Å²) in [4.78, 5) is 4.26. The van der Waals surface area contributed by atoms with Crippen LogP contribution in [-0.2, 0) is 0 Å². The average Bonchev–Trinajstić information content (AvgIpc) is 3.14. The fourth-order valence-corrected chi connectivity index (χ4v) is 3.83. The highest BCUT2D eigenvalue weighted by atomic mass is 19.1. The first-order chi connectivity index (χ1) is 12.6. The van der Waals surface area contributed by atoms with Gasteiger partial charge in [0.2, 0.25) is 5.89 Å². The zero-order chi connectivity index (χ0) is 18.3. The Bertz CT molecular complexity index is 905. The van der Waals surface area contributed by atoms with Crippen LogP contribution in [-0.4, -0.2) is 15.2 Å². The van der Waals surface area contributed by atoms with E-state index in [1.54, 1.807) is 18.5 Å². The highest BCUT2D eigenvalue weighted by molar-refractivity contribution is 5.61. The molecule has 4 nitrogen and oxygen atoms in total. The fourth-order valence-electron chi connectivity index (χ4n) is 3.83. The maximum atomic E-state index is 14.2. The van der Waals surface area contributed by atoms with E-state index in [-0.39, 0.29) is 23.1 Å². The zero-order valence-electron chi connectivity index (χ0n) is 14.6. The number of halogens is 2. The van der Waals surface area contributed by atoms with E-state index in [9.17, 15) is 8.78 Å². The van der Waals surface area contributed by atoms with E-state index in [0.717, 1.165) is 24.1 Å². The van der Waals surface area contributed by atoms with E-state index in [1.807, 2.05) is 0 Å². The number of hydrogen-bond acceptors (Lipinski definition) is 4. The smallest absolute Gasteiger partial charge is 0.203 e. The van der Waals surface area contributed by atoms with Gasteiger partial charge < -0.3 is 4.42 Å². The molecule has 0 N–H and O–H groups in total. The van der Waals surface area contributed by atoms with Gasteiger partial charge >= 0.3 is 0 Å². The van der Waals surface area contributed by atoms with E-state index < -0.39 is 11.6 Å². The van der Waals surface area contributed by atoms with Gasteiger partial charge in [0.1, 0.15) is 17.9 Å². The minimum Gasteiger partial charge on any atom is -0.448 e. The van der Waals surface area contributed by atoms with Crippen LogP contribution in [0.3, 0.4) is 0 Å². The number of aromatic nitrogens is 3. The van der Waals surface area contributed by atoms with Crippen LogP contribution in [0.1, 0.15) is 55.7 Å². The topological polar surface area (TPSA) is 51.8 Å². The van der Waals surface area contributed by atoms with Crippen molar-refractivity contribution in [3.63, 3.8) is 0 Å². The van der Waals surface area contributed by atoms with Crippen molar-refractivity contribution in [1.29, 1.82) is 0 Å². The summed E-state index contributed by atoms with van der Waals surface area (Å²) in [5.74, 6) is -0.127. The van der Waals surface area contributed by atoms with Gasteiger partial charge in [0.05, 0.1) is 29.1 Å². The first-order valence-electron chi connectivity index (χ1n) is 8.77. The number of rotatable bonds is 3. The SMILES string of the molecule is CC(C)[C@H]1CCC(c2ncco2)c2nnc(-c3c(F)cccc3F)cc21. The van der Waals surface area contributed by atoms with Crippen molar-refractivity contribution in [2.75, 3.05) is 0 Å². The maximum Gasteiger partial charge on any atom is 0.203 e. The molecule has 1 aliphatic carbocycles. The third kappa shape index (κ3) is 2.79. The van der Waals surface area contributed by atoms with E-state index in [4.69, 9.17) is 4.42 Å². The Hall–Kier alpha value is -2.63. The summed E-state index contributed by atoms with van der Waals surface area (Å²) >= 11 is 0. The standard InChI is InChI=1S/C20H19F2N3O/c1-11(2)12-6-7-13(20-23-8-9-26-20)19-14(12)10-17(24-25-19)18-15(21)4-3-5-16(18)22/h3-5,8-13H,6-7H2,1-2H3/t12-,13?/m1/s1. The predicted octanol–water partition coefficient (Wildman–Crippen LogP) is 5.08. The average molecular weight is 355 g/mol. The largest absolute Gasteiger partial charge is 0.448 e. The lowest BCUT2D eigenvalue weighted by Gasteiger charge is -2.31. The quantitative estimate of drug-likeness (QED) is 0.658. The van der Waals surface area contributed by atoms with Crippen LogP contribution in [0.25, 0.3) is 11.3 Å². The van der Waals surface area contributed by atoms with Gasteiger partial charge in [0.15, 0.2) is 0 Å². The Kier molecular flexibility index (Phi) is 4.26. The predicted molar refractivity (Wildman–Crippen MR) is 92.5 cm³/mol. The molecule has 6 heteroatoms. The Morgan fingerprint density at radius 3 is 2.54 bits per heavy atom. The van der Waals surface area contributed by atoms with Crippen molar-refractivity contribution in [3.05, 3.63) is 65.5 Å². The molecule has 1 aliphatic rings. The third-order valence-electron chi connectivity index (χ3n) is 5.12. The lowest BCUT2D eigenvalue weighted by molar-refractivity contribution is 0.373. The monoisotopic (exact) mass is 355 g/mol. The number of nitrogens with zero attached hydrogens (tertiary/aromatic N) is 3. The maximum absolute atomic E-state index is 14.2. The first kappa shape index (κ1) is 16.8. The molecule has 3 aromatic rings. The van der Waals surface area contributed by atoms with Crippen LogP contribution in [0.15, 0.2) is 41.1 Å². The molecular weight excluding hydrogens is 336 g/mol. The number of fused-ring (bicyclic) bond motifs is 1. The van der Waals surface area contributed by atoms with Crippen LogP contribution in [0.4, 0.5) is 8.78 Å². The van der Waals surface area contributed by atoms with Gasteiger partial charge in [-0.1, -0.05) is 19.9 Å². The number of benzene rings is 1. The molecule has 0 fully saturated rings. The summed E-state index contributed by atoms with van der Waals surface area (Å²) in [7, 11) is 0. The molecule has 0 aliphatic heterocycles. The molecule has 0 bridgehead atoms. The Balaban J connectivity index is 1.86. The molecule has 1 aromatic carbocycles. The molecule has 0 saturated carbocycles. The zero-order valence-corrected chi connectivity index (χ0v) is 14.6. The van der Waals surface area contributed by atoms with Crippen molar-refractivity contribution in [2.24, 2.45) is 5.92 Å². The molecule has 0 spiro atoms. The molecule has 2 atom stereocenters. The number of oxazole rings is 1. The van der Waals surface area contributed by atoms with E-state index in [0.29, 0.717) is 11.8 Å². The van der Waals surface area contributed by atoms with Crippen LogP contribution in [0.5, 0.6) is 0 Å². The summed E-state index contributed by atoms with van der Waals surface area (Å²) in [6, 6.07) is 5.59. The third-order valence-corrected chi connectivity index (χ3v) is 5.12. The summed E-state index contributed by atoms with van der Waals surface area (Å²) in [5.41, 5.74) is 1.85. The molecule has 1 unspecified atom stereocenters. The van der Waals surface area contributed by atoms with Crippen molar-refractivity contribution in [1.82, 2.24) is 15.2 Å². The summed E-state index contributed by atoms with van der Waals surface area (Å²) in [6.45, 7) is 4.29. The van der Waals surface area contributed by atoms with Gasteiger partial charge in [-0.05, 0) is 48.4 Å². The van der Waals surface area contributed by atoms with Crippen molar-refractivity contribution in [2.45, 2.75) is 38.5 Å². The van der Waals surface area contributed by atoms with Crippen LogP contribution in [0, 0.1) is 17.6 Å². The second-order valence-corrected chi connectivity index (χ2v) is 7.02. The molecular formula is C20H19F2N3O. The highest BCUT2D eigenvalue weighted by Crippen LogP contribution is 2.44. The van der Waals surface area contributed by atoms with E-state index in [2.05, 4.69) is 29.0 Å². The van der Waals surface area contributed by atoms with Crippen LogP contribution < -0.4 is 0 Å². The van der Waals surface area contributed by atoms with Gasteiger partial charge in [0, 0.05) is 0 Å². The van der Waals surface area contributed by atoms with Crippen molar-refractivity contribution in [3.8, 4) is 11.3 Å². The van der Waals surface area contributed by atoms with Gasteiger partial charge in [-0.3, -0.25) is 0 Å². The van der Waals surface area contributed by atoms with Crippen LogP contribution in [0.2, 0.25) is 0 Å². The Morgan fingerprint density at radius 1 is 1.12 bits per heavy atom. The minimum absolute atomic E-state index is 0.0815. The van der Waals surface area contributed by atoms with Gasteiger partial charge in [-0.2, -0.15) is 5.10 Å². The van der Waals surface area contributed by atoms with E-state index >= 15 is 0 Å². The molecule has 0 radical (unpaired) electrons. The highest BCUT2D eigenvalue weighted by Gasteiger charge is 2.34. The van der Waals surface area contributed by atoms with E-state index in [1.165, 1.54) is 18.2 Å².